The molecule has 0 nitrogen and oxygen atoms in total. The van der Waals surface area contributed by atoms with Crippen molar-refractivity contribution in [1.29, 1.82) is 0 Å². The minimum absolute atomic E-state index is 1.24. The Hall–Kier alpha value is -3.38. The lowest BCUT2D eigenvalue weighted by molar-refractivity contribution is 1.77. The summed E-state index contributed by atoms with van der Waals surface area (Å²) in [6.45, 7) is 0. The molecule has 26 heavy (non-hydrogen) atoms. The summed E-state index contributed by atoms with van der Waals surface area (Å²) in [5, 5.41) is 12.8. The lowest BCUT2D eigenvalue weighted by Gasteiger charge is -2.08. The zero-order valence-corrected chi connectivity index (χ0v) is 14.2. The highest BCUT2D eigenvalue weighted by atomic mass is 14.1. The van der Waals surface area contributed by atoms with Crippen LogP contribution < -0.4 is 0 Å². The molecule has 0 fully saturated rings. The van der Waals surface area contributed by atoms with Crippen LogP contribution in [0.2, 0.25) is 0 Å². The Morgan fingerprint density at radius 2 is 0.769 bits per heavy atom. The fraction of sp³-hybridized carbons (Fsp3) is 0. The van der Waals surface area contributed by atoms with Gasteiger partial charge in [-0.25, -0.2) is 0 Å². The van der Waals surface area contributed by atoms with Crippen LogP contribution in [0.5, 0.6) is 0 Å². The predicted octanol–water partition coefficient (Wildman–Crippen LogP) is 7.25. The first kappa shape index (κ1) is 13.9. The molecule has 0 saturated carbocycles. The van der Waals surface area contributed by atoms with Gasteiger partial charge in [0.25, 0.3) is 0 Å². The van der Waals surface area contributed by atoms with E-state index in [-0.39, 0.29) is 0 Å². The molecule has 0 aromatic heterocycles. The van der Waals surface area contributed by atoms with Crippen molar-refractivity contribution >= 4 is 53.9 Å². The number of fused-ring (bicyclic) bond motifs is 5. The second-order valence-electron chi connectivity index (χ2n) is 7.07. The predicted molar refractivity (Wildman–Crippen MR) is 113 cm³/mol. The standard InChI is InChI=1S/C26H15/c1-2-6-18-10-22-14-26-16-24-12-20-8-4-3-7-19(20)11-23(24)15-25(26)13-21(22)9-17(18)5-1/h1-3,5-16H. The molecule has 6 aromatic rings. The van der Waals surface area contributed by atoms with Crippen molar-refractivity contribution in [2.24, 2.45) is 0 Å². The van der Waals surface area contributed by atoms with Gasteiger partial charge in [0.1, 0.15) is 0 Å². The van der Waals surface area contributed by atoms with Gasteiger partial charge < -0.3 is 0 Å². The van der Waals surface area contributed by atoms with Gasteiger partial charge in [-0.3, -0.25) is 0 Å². The van der Waals surface area contributed by atoms with Crippen molar-refractivity contribution in [3.05, 3.63) is 97.1 Å². The van der Waals surface area contributed by atoms with Gasteiger partial charge in [0.2, 0.25) is 0 Å². The summed E-state index contributed by atoms with van der Waals surface area (Å²) in [6.07, 6.45) is 0. The van der Waals surface area contributed by atoms with Crippen molar-refractivity contribution in [3.8, 4) is 0 Å². The highest BCUT2D eigenvalue weighted by Crippen LogP contribution is 2.31. The molecule has 0 aliphatic heterocycles. The fourth-order valence-corrected chi connectivity index (χ4v) is 4.08. The third-order valence-electron chi connectivity index (χ3n) is 5.42. The molecule has 0 bridgehead atoms. The average molecular weight is 327 g/mol. The van der Waals surface area contributed by atoms with Crippen LogP contribution in [0.3, 0.4) is 0 Å². The van der Waals surface area contributed by atoms with E-state index in [1.807, 2.05) is 6.07 Å². The summed E-state index contributed by atoms with van der Waals surface area (Å²) >= 11 is 0. The van der Waals surface area contributed by atoms with Gasteiger partial charge in [-0.1, -0.05) is 36.4 Å². The van der Waals surface area contributed by atoms with Crippen molar-refractivity contribution < 1.29 is 0 Å². The summed E-state index contributed by atoms with van der Waals surface area (Å²) < 4.78 is 0. The quantitative estimate of drug-likeness (QED) is 0.258. The van der Waals surface area contributed by atoms with Gasteiger partial charge in [0, 0.05) is 0 Å². The van der Waals surface area contributed by atoms with E-state index in [0.29, 0.717) is 0 Å². The van der Waals surface area contributed by atoms with E-state index in [2.05, 4.69) is 91.0 Å². The molecular weight excluding hydrogens is 312 g/mol. The van der Waals surface area contributed by atoms with Crippen LogP contribution in [0.4, 0.5) is 0 Å². The second kappa shape index (κ2) is 5.06. The Kier molecular flexibility index (Phi) is 2.70. The van der Waals surface area contributed by atoms with Crippen LogP contribution in [0.1, 0.15) is 0 Å². The first-order valence-electron chi connectivity index (χ1n) is 8.93. The van der Waals surface area contributed by atoms with Gasteiger partial charge in [-0.05, 0) is 115 Å². The van der Waals surface area contributed by atoms with E-state index >= 15 is 0 Å². The molecule has 0 heteroatoms. The Balaban J connectivity index is 1.72. The molecule has 1 radical (unpaired) electrons. The van der Waals surface area contributed by atoms with Crippen LogP contribution in [0, 0.1) is 6.07 Å². The van der Waals surface area contributed by atoms with Crippen LogP contribution in [-0.4, -0.2) is 0 Å². The largest absolute Gasteiger partial charge is 0.0616 e. The molecule has 0 N–H and O–H groups in total. The monoisotopic (exact) mass is 327 g/mol. The van der Waals surface area contributed by atoms with Gasteiger partial charge in [-0.2, -0.15) is 0 Å². The molecule has 0 amide bonds. The number of hydrogen-bond acceptors (Lipinski definition) is 0. The SMILES string of the molecule is [c]1ccc2cc3cc4cc5cc6ccccc6cc5cc4cc3cc2c1. The third-order valence-corrected chi connectivity index (χ3v) is 5.42. The summed E-state index contributed by atoms with van der Waals surface area (Å²) in [5.41, 5.74) is 0. The third kappa shape index (κ3) is 2.02. The molecular formula is C26H15. The zero-order valence-electron chi connectivity index (χ0n) is 14.2. The van der Waals surface area contributed by atoms with E-state index < -0.39 is 0 Å². The summed E-state index contributed by atoms with van der Waals surface area (Å²) in [6, 6.07) is 36.3. The molecule has 6 aromatic carbocycles. The maximum Gasteiger partial charge on any atom is -0.0171 e. The van der Waals surface area contributed by atoms with Gasteiger partial charge >= 0.3 is 0 Å². The summed E-state index contributed by atoms with van der Waals surface area (Å²) in [7, 11) is 0. The Bertz CT molecular complexity index is 1250. The molecule has 0 spiro atoms. The van der Waals surface area contributed by atoms with Crippen LogP contribution in [0.25, 0.3) is 53.9 Å². The molecule has 0 saturated heterocycles. The number of benzene rings is 6. The van der Waals surface area contributed by atoms with Crippen LogP contribution >= 0.6 is 0 Å². The minimum atomic E-state index is 1.24. The van der Waals surface area contributed by atoms with E-state index in [9.17, 15) is 0 Å². The lowest BCUT2D eigenvalue weighted by atomic mass is 9.96. The van der Waals surface area contributed by atoms with Gasteiger partial charge in [0.15, 0.2) is 0 Å². The lowest BCUT2D eigenvalue weighted by Crippen LogP contribution is -1.81. The normalized spacial score (nSPS) is 11.8. The van der Waals surface area contributed by atoms with Crippen molar-refractivity contribution in [2.75, 3.05) is 0 Å². The molecule has 6 rings (SSSR count). The smallest absolute Gasteiger partial charge is 0.0171 e. The van der Waals surface area contributed by atoms with Gasteiger partial charge in [0.05, 0.1) is 0 Å². The molecule has 119 valence electrons. The number of rotatable bonds is 0. The topological polar surface area (TPSA) is 0 Å². The van der Waals surface area contributed by atoms with Crippen molar-refractivity contribution in [3.63, 3.8) is 0 Å². The fourth-order valence-electron chi connectivity index (χ4n) is 4.08. The summed E-state index contributed by atoms with van der Waals surface area (Å²) in [5.74, 6) is 0. The van der Waals surface area contributed by atoms with E-state index in [1.54, 1.807) is 0 Å². The molecule has 0 heterocycles. The van der Waals surface area contributed by atoms with E-state index in [1.165, 1.54) is 53.9 Å². The first-order chi connectivity index (χ1) is 12.8. The Morgan fingerprint density at radius 1 is 0.385 bits per heavy atom. The number of hydrogen-bond donors (Lipinski definition) is 0. The molecule has 0 unspecified atom stereocenters. The average Bonchev–Trinajstić information content (AvgIpc) is 2.67. The highest BCUT2D eigenvalue weighted by molar-refractivity contribution is 6.10. The zero-order chi connectivity index (χ0) is 17.1. The van der Waals surface area contributed by atoms with Crippen LogP contribution in [0.15, 0.2) is 91.0 Å². The minimum Gasteiger partial charge on any atom is -0.0616 e. The summed E-state index contributed by atoms with van der Waals surface area (Å²) in [4.78, 5) is 0. The van der Waals surface area contributed by atoms with Gasteiger partial charge in [-0.15, -0.1) is 0 Å². The maximum atomic E-state index is 3.18. The van der Waals surface area contributed by atoms with Crippen molar-refractivity contribution in [1.82, 2.24) is 0 Å². The molecule has 0 atom stereocenters. The highest BCUT2D eigenvalue weighted by Gasteiger charge is 2.04. The Labute approximate surface area is 151 Å². The maximum absolute atomic E-state index is 3.18. The van der Waals surface area contributed by atoms with E-state index in [4.69, 9.17) is 0 Å². The molecule has 0 aliphatic carbocycles. The Morgan fingerprint density at radius 3 is 1.27 bits per heavy atom. The molecule has 0 aliphatic rings. The van der Waals surface area contributed by atoms with Crippen molar-refractivity contribution in [2.45, 2.75) is 0 Å². The van der Waals surface area contributed by atoms with Crippen LogP contribution in [-0.2, 0) is 0 Å². The van der Waals surface area contributed by atoms with E-state index in [0.717, 1.165) is 0 Å². The first-order valence-corrected chi connectivity index (χ1v) is 8.93. The second-order valence-corrected chi connectivity index (χ2v) is 7.07.